The maximum Gasteiger partial charge on any atom is 0.222 e. The van der Waals surface area contributed by atoms with Crippen LogP contribution in [-0.4, -0.2) is 22.0 Å². The molecule has 0 aliphatic rings. The van der Waals surface area contributed by atoms with Crippen LogP contribution in [0.15, 0.2) is 53.0 Å². The number of nitrogens with one attached hydrogen (secondary N) is 1. The van der Waals surface area contributed by atoms with Gasteiger partial charge in [0.1, 0.15) is 5.82 Å². The first kappa shape index (κ1) is 17.7. The first-order chi connectivity index (χ1) is 12.0. The lowest BCUT2D eigenvalue weighted by molar-refractivity contribution is -0.123. The van der Waals surface area contributed by atoms with Crippen LogP contribution in [0, 0.1) is 5.92 Å². The molecule has 1 heterocycles. The summed E-state index contributed by atoms with van der Waals surface area (Å²) in [6, 6.07) is 16.5. The van der Waals surface area contributed by atoms with Gasteiger partial charge in [0.2, 0.25) is 5.91 Å². The molecule has 3 aromatic rings. The number of hydrogen-bond acceptors (Lipinski definition) is 2. The molecule has 4 nitrogen and oxygen atoms in total. The van der Waals surface area contributed by atoms with Gasteiger partial charge in [-0.15, -0.1) is 0 Å². The summed E-state index contributed by atoms with van der Waals surface area (Å²) in [7, 11) is 0. The summed E-state index contributed by atoms with van der Waals surface area (Å²) < 4.78 is 3.30. The lowest BCUT2D eigenvalue weighted by Crippen LogP contribution is -2.30. The Morgan fingerprint density at radius 2 is 2.00 bits per heavy atom. The number of carbonyl (C=O) groups excluding carboxylic acids is 1. The maximum absolute atomic E-state index is 11.8. The third kappa shape index (κ3) is 4.28. The number of nitrogens with zero attached hydrogens (tertiary/aromatic N) is 2. The molecular weight excluding hydrogens is 378 g/mol. The van der Waals surface area contributed by atoms with Crippen molar-refractivity contribution >= 4 is 32.9 Å². The quantitative estimate of drug-likeness (QED) is 0.676. The second-order valence-electron chi connectivity index (χ2n) is 6.43. The van der Waals surface area contributed by atoms with Crippen LogP contribution in [0.25, 0.3) is 11.0 Å². The molecule has 1 aromatic heterocycles. The van der Waals surface area contributed by atoms with Crippen LogP contribution in [0.3, 0.4) is 0 Å². The first-order valence-corrected chi connectivity index (χ1v) is 9.30. The largest absolute Gasteiger partial charge is 0.355 e. The Bertz CT molecular complexity index is 886. The fourth-order valence-corrected chi connectivity index (χ4v) is 3.26. The molecule has 25 heavy (non-hydrogen) atoms. The van der Waals surface area contributed by atoms with E-state index in [0.717, 1.165) is 27.9 Å². The molecule has 0 saturated carbocycles. The lowest BCUT2D eigenvalue weighted by Gasteiger charge is -2.11. The molecule has 0 radical (unpaired) electrons. The van der Waals surface area contributed by atoms with Gasteiger partial charge in [0, 0.05) is 29.9 Å². The van der Waals surface area contributed by atoms with Crippen LogP contribution < -0.4 is 5.32 Å². The average Bonchev–Trinajstić information content (AvgIpc) is 2.92. The molecule has 1 amide bonds. The monoisotopic (exact) mass is 399 g/mol. The SMILES string of the molecule is CC(C)C(=O)NCCc1nc2ccccc2n1Cc1cccc(Br)c1. The average molecular weight is 400 g/mol. The summed E-state index contributed by atoms with van der Waals surface area (Å²) in [5.41, 5.74) is 3.32. The normalized spacial score (nSPS) is 11.2. The summed E-state index contributed by atoms with van der Waals surface area (Å²) in [5.74, 6) is 1.07. The van der Waals surface area contributed by atoms with Crippen LogP contribution in [0.5, 0.6) is 0 Å². The second kappa shape index (κ2) is 7.83. The predicted molar refractivity (Wildman–Crippen MR) is 105 cm³/mol. The molecule has 5 heteroatoms. The van der Waals surface area contributed by atoms with Gasteiger partial charge in [-0.1, -0.05) is 54.0 Å². The number of halogens is 1. The third-order valence-electron chi connectivity index (χ3n) is 4.14. The number of aromatic nitrogens is 2. The van der Waals surface area contributed by atoms with Crippen molar-refractivity contribution in [3.8, 4) is 0 Å². The van der Waals surface area contributed by atoms with Crippen LogP contribution in [0.2, 0.25) is 0 Å². The fourth-order valence-electron chi connectivity index (χ4n) is 2.81. The Hall–Kier alpha value is -2.14. The molecule has 3 rings (SSSR count). The third-order valence-corrected chi connectivity index (χ3v) is 4.63. The van der Waals surface area contributed by atoms with Gasteiger partial charge in [0.15, 0.2) is 0 Å². The molecule has 0 bridgehead atoms. The van der Waals surface area contributed by atoms with E-state index in [9.17, 15) is 4.79 Å². The van der Waals surface area contributed by atoms with E-state index >= 15 is 0 Å². The summed E-state index contributed by atoms with van der Waals surface area (Å²) in [6.45, 7) is 5.15. The highest BCUT2D eigenvalue weighted by atomic mass is 79.9. The van der Waals surface area contributed by atoms with Gasteiger partial charge in [-0.3, -0.25) is 4.79 Å². The molecule has 0 atom stereocenters. The van der Waals surface area contributed by atoms with Crippen LogP contribution in [0.1, 0.15) is 25.2 Å². The first-order valence-electron chi connectivity index (χ1n) is 8.51. The number of fused-ring (bicyclic) bond motifs is 1. The van der Waals surface area contributed by atoms with E-state index in [1.54, 1.807) is 0 Å². The zero-order valence-electron chi connectivity index (χ0n) is 14.5. The van der Waals surface area contributed by atoms with Crippen molar-refractivity contribution in [3.05, 3.63) is 64.4 Å². The van der Waals surface area contributed by atoms with Crippen LogP contribution >= 0.6 is 15.9 Å². The van der Waals surface area contributed by atoms with E-state index in [1.165, 1.54) is 5.56 Å². The standard InChI is InChI=1S/C20H22BrN3O/c1-14(2)20(25)22-11-10-19-23-17-8-3-4-9-18(17)24(19)13-15-6-5-7-16(21)12-15/h3-9,12,14H,10-11,13H2,1-2H3,(H,22,25). The predicted octanol–water partition coefficient (Wildman–Crippen LogP) is 4.16. The van der Waals surface area contributed by atoms with Crippen molar-refractivity contribution in [1.82, 2.24) is 14.9 Å². The molecule has 130 valence electrons. The highest BCUT2D eigenvalue weighted by Crippen LogP contribution is 2.20. The molecule has 0 aliphatic heterocycles. The van der Waals surface area contributed by atoms with E-state index in [2.05, 4.69) is 44.0 Å². The zero-order valence-corrected chi connectivity index (χ0v) is 16.1. The number of para-hydroxylation sites is 2. The summed E-state index contributed by atoms with van der Waals surface area (Å²) in [6.07, 6.45) is 0.709. The Morgan fingerprint density at radius 3 is 2.76 bits per heavy atom. The Kier molecular flexibility index (Phi) is 5.53. The van der Waals surface area contributed by atoms with Crippen molar-refractivity contribution in [1.29, 1.82) is 0 Å². The van der Waals surface area contributed by atoms with E-state index in [1.807, 2.05) is 44.2 Å². The summed E-state index contributed by atoms with van der Waals surface area (Å²) >= 11 is 3.53. The van der Waals surface area contributed by atoms with Gasteiger partial charge in [0.25, 0.3) is 0 Å². The molecular formula is C20H22BrN3O. The maximum atomic E-state index is 11.8. The topological polar surface area (TPSA) is 46.9 Å². The van der Waals surface area contributed by atoms with Crippen LogP contribution in [-0.2, 0) is 17.8 Å². The molecule has 0 unspecified atom stereocenters. The molecule has 1 N–H and O–H groups in total. The van der Waals surface area contributed by atoms with Gasteiger partial charge in [0.05, 0.1) is 11.0 Å². The summed E-state index contributed by atoms with van der Waals surface area (Å²) in [4.78, 5) is 16.5. The zero-order chi connectivity index (χ0) is 17.8. The second-order valence-corrected chi connectivity index (χ2v) is 7.34. The number of amides is 1. The number of imidazole rings is 1. The minimum Gasteiger partial charge on any atom is -0.355 e. The Labute approximate surface area is 156 Å². The van der Waals surface area contributed by atoms with Crippen molar-refractivity contribution in [2.75, 3.05) is 6.54 Å². The van der Waals surface area contributed by atoms with E-state index in [-0.39, 0.29) is 11.8 Å². The number of benzene rings is 2. The lowest BCUT2D eigenvalue weighted by atomic mass is 10.2. The van der Waals surface area contributed by atoms with Crippen molar-refractivity contribution < 1.29 is 4.79 Å². The van der Waals surface area contributed by atoms with Crippen molar-refractivity contribution in [3.63, 3.8) is 0 Å². The molecule has 2 aromatic carbocycles. The van der Waals surface area contributed by atoms with Gasteiger partial charge in [-0.25, -0.2) is 4.98 Å². The molecule has 0 saturated heterocycles. The van der Waals surface area contributed by atoms with Crippen molar-refractivity contribution in [2.45, 2.75) is 26.8 Å². The van der Waals surface area contributed by atoms with Gasteiger partial charge in [-0.05, 0) is 29.8 Å². The smallest absolute Gasteiger partial charge is 0.222 e. The van der Waals surface area contributed by atoms with Gasteiger partial charge in [-0.2, -0.15) is 0 Å². The van der Waals surface area contributed by atoms with E-state index < -0.39 is 0 Å². The van der Waals surface area contributed by atoms with Crippen LogP contribution in [0.4, 0.5) is 0 Å². The summed E-state index contributed by atoms with van der Waals surface area (Å²) in [5, 5.41) is 2.98. The van der Waals surface area contributed by atoms with E-state index in [4.69, 9.17) is 4.98 Å². The Balaban J connectivity index is 1.85. The highest BCUT2D eigenvalue weighted by Gasteiger charge is 2.12. The minimum absolute atomic E-state index is 0.000450. The molecule has 0 fully saturated rings. The molecule has 0 aliphatic carbocycles. The van der Waals surface area contributed by atoms with Gasteiger partial charge < -0.3 is 9.88 Å². The Morgan fingerprint density at radius 1 is 1.20 bits per heavy atom. The molecule has 0 spiro atoms. The van der Waals surface area contributed by atoms with Crippen molar-refractivity contribution in [2.24, 2.45) is 5.92 Å². The highest BCUT2D eigenvalue weighted by molar-refractivity contribution is 9.10. The number of carbonyl (C=O) groups is 1. The minimum atomic E-state index is 0.000450. The van der Waals surface area contributed by atoms with E-state index in [0.29, 0.717) is 13.0 Å². The number of hydrogen-bond donors (Lipinski definition) is 1. The fraction of sp³-hybridized carbons (Fsp3) is 0.300. The number of rotatable bonds is 6. The van der Waals surface area contributed by atoms with Gasteiger partial charge >= 0.3 is 0 Å².